The molecule has 0 aromatic rings. The summed E-state index contributed by atoms with van der Waals surface area (Å²) >= 11 is 0. The highest BCUT2D eigenvalue weighted by atomic mass is 14.1. The zero-order valence-corrected chi connectivity index (χ0v) is 11.2. The molecule has 0 atom stereocenters. The summed E-state index contributed by atoms with van der Waals surface area (Å²) < 4.78 is 0. The van der Waals surface area contributed by atoms with Gasteiger partial charge >= 0.3 is 0 Å². The van der Waals surface area contributed by atoms with Crippen molar-refractivity contribution >= 4 is 0 Å². The van der Waals surface area contributed by atoms with Crippen LogP contribution < -0.4 is 0 Å². The molecule has 0 aromatic carbocycles. The van der Waals surface area contributed by atoms with Gasteiger partial charge in [0.2, 0.25) is 0 Å². The molecule has 0 heteroatoms. The van der Waals surface area contributed by atoms with Gasteiger partial charge in [0.25, 0.3) is 0 Å². The zero-order valence-electron chi connectivity index (χ0n) is 11.2. The van der Waals surface area contributed by atoms with Gasteiger partial charge in [-0.15, -0.1) is 0 Å². The van der Waals surface area contributed by atoms with Crippen molar-refractivity contribution in [3.8, 4) is 0 Å². The summed E-state index contributed by atoms with van der Waals surface area (Å²) in [6.45, 7) is 2.44. The number of hydrogen-bond acceptors (Lipinski definition) is 0. The lowest BCUT2D eigenvalue weighted by Gasteiger charge is -2.10. The average molecular weight is 222 g/mol. The molecule has 0 spiro atoms. The Morgan fingerprint density at radius 3 is 1.56 bits per heavy atom. The summed E-state index contributed by atoms with van der Waals surface area (Å²) in [5.74, 6) is 0.975. The topological polar surface area (TPSA) is 0 Å². The molecule has 16 heavy (non-hydrogen) atoms. The molecule has 0 bridgehead atoms. The Morgan fingerprint density at radius 2 is 1.06 bits per heavy atom. The van der Waals surface area contributed by atoms with Crippen molar-refractivity contribution in [1.82, 2.24) is 0 Å². The van der Waals surface area contributed by atoms with Gasteiger partial charge in [0.1, 0.15) is 0 Å². The number of rotatable bonds is 0. The second-order valence-electron chi connectivity index (χ2n) is 5.56. The zero-order chi connectivity index (χ0) is 11.5. The van der Waals surface area contributed by atoms with Gasteiger partial charge in [-0.25, -0.2) is 0 Å². The summed E-state index contributed by atoms with van der Waals surface area (Å²) in [6.07, 6.45) is 21.9. The van der Waals surface area contributed by atoms with Crippen LogP contribution in [0.2, 0.25) is 0 Å². The number of allylic oxidation sites excluding steroid dienone is 2. The maximum absolute atomic E-state index is 2.44. The Kier molecular flexibility index (Phi) is 8.57. The molecule has 0 N–H and O–H groups in total. The second-order valence-corrected chi connectivity index (χ2v) is 5.56. The molecule has 0 unspecified atom stereocenters. The quantitative estimate of drug-likeness (QED) is 0.449. The molecule has 0 fully saturated rings. The van der Waals surface area contributed by atoms with Gasteiger partial charge in [-0.2, -0.15) is 0 Å². The fourth-order valence-corrected chi connectivity index (χ4v) is 2.60. The first-order valence-corrected chi connectivity index (χ1v) is 7.54. The van der Waals surface area contributed by atoms with Crippen LogP contribution in [0.15, 0.2) is 12.2 Å². The molecule has 0 saturated carbocycles. The van der Waals surface area contributed by atoms with Gasteiger partial charge in [-0.1, -0.05) is 70.4 Å². The molecule has 0 saturated heterocycles. The molecule has 0 nitrogen and oxygen atoms in total. The van der Waals surface area contributed by atoms with E-state index < -0.39 is 0 Å². The Balaban J connectivity index is 2.16. The lowest BCUT2D eigenvalue weighted by molar-refractivity contribution is 0.435. The minimum absolute atomic E-state index is 0.975. The van der Waals surface area contributed by atoms with Gasteiger partial charge in [0.15, 0.2) is 0 Å². The molecule has 1 aliphatic carbocycles. The molecular formula is C16H30. The van der Waals surface area contributed by atoms with Gasteiger partial charge in [0, 0.05) is 0 Å². The molecule has 1 rings (SSSR count). The highest BCUT2D eigenvalue weighted by Crippen LogP contribution is 2.18. The Labute approximate surface area is 103 Å². The van der Waals surface area contributed by atoms with E-state index in [1.807, 2.05) is 0 Å². The fourth-order valence-electron chi connectivity index (χ4n) is 2.60. The average Bonchev–Trinajstić information content (AvgIpc) is 2.29. The lowest BCUT2D eigenvalue weighted by atomic mass is 9.96. The smallest absolute Gasteiger partial charge is 0.0351 e. The first-order chi connectivity index (χ1) is 7.89. The van der Waals surface area contributed by atoms with E-state index in [4.69, 9.17) is 0 Å². The van der Waals surface area contributed by atoms with Crippen LogP contribution in [0.25, 0.3) is 0 Å². The van der Waals surface area contributed by atoms with Crippen molar-refractivity contribution in [2.24, 2.45) is 5.92 Å². The van der Waals surface area contributed by atoms with E-state index in [2.05, 4.69) is 19.1 Å². The first-order valence-electron chi connectivity index (χ1n) is 7.54. The van der Waals surface area contributed by atoms with Gasteiger partial charge in [-0.05, 0) is 31.6 Å². The van der Waals surface area contributed by atoms with Gasteiger partial charge in [-0.3, -0.25) is 0 Å². The van der Waals surface area contributed by atoms with E-state index in [9.17, 15) is 0 Å². The van der Waals surface area contributed by atoms with E-state index in [0.29, 0.717) is 0 Å². The molecular weight excluding hydrogens is 192 g/mol. The Morgan fingerprint density at radius 1 is 0.625 bits per heavy atom. The lowest BCUT2D eigenvalue weighted by Crippen LogP contribution is -1.95. The van der Waals surface area contributed by atoms with Gasteiger partial charge in [0.05, 0.1) is 0 Å². The summed E-state index contributed by atoms with van der Waals surface area (Å²) in [5, 5.41) is 0. The summed E-state index contributed by atoms with van der Waals surface area (Å²) in [5.41, 5.74) is 0. The molecule has 1 aliphatic rings. The van der Waals surface area contributed by atoms with E-state index >= 15 is 0 Å². The molecule has 94 valence electrons. The van der Waals surface area contributed by atoms with Crippen molar-refractivity contribution in [3.63, 3.8) is 0 Å². The maximum atomic E-state index is 2.44. The van der Waals surface area contributed by atoms with Crippen LogP contribution in [0.5, 0.6) is 0 Å². The normalized spacial score (nSPS) is 25.6. The first kappa shape index (κ1) is 13.8. The third kappa shape index (κ3) is 7.96. The summed E-state index contributed by atoms with van der Waals surface area (Å²) in [4.78, 5) is 0. The Hall–Kier alpha value is -0.260. The van der Waals surface area contributed by atoms with Crippen molar-refractivity contribution in [2.75, 3.05) is 0 Å². The molecule has 0 amide bonds. The van der Waals surface area contributed by atoms with E-state index in [1.165, 1.54) is 77.0 Å². The van der Waals surface area contributed by atoms with Crippen LogP contribution in [0.1, 0.15) is 84.0 Å². The number of hydrogen-bond donors (Lipinski definition) is 0. The Bertz CT molecular complexity index is 151. The van der Waals surface area contributed by atoms with Crippen molar-refractivity contribution in [3.05, 3.63) is 12.2 Å². The summed E-state index contributed by atoms with van der Waals surface area (Å²) in [7, 11) is 0. The van der Waals surface area contributed by atoms with Crippen LogP contribution >= 0.6 is 0 Å². The third-order valence-electron chi connectivity index (χ3n) is 3.80. The van der Waals surface area contributed by atoms with Crippen molar-refractivity contribution in [1.29, 1.82) is 0 Å². The molecule has 0 aromatic heterocycles. The highest BCUT2D eigenvalue weighted by molar-refractivity contribution is 4.81. The van der Waals surface area contributed by atoms with Gasteiger partial charge < -0.3 is 0 Å². The van der Waals surface area contributed by atoms with Crippen molar-refractivity contribution in [2.45, 2.75) is 84.0 Å². The minimum Gasteiger partial charge on any atom is -0.0885 e. The van der Waals surface area contributed by atoms with E-state index in [-0.39, 0.29) is 0 Å². The van der Waals surface area contributed by atoms with Crippen LogP contribution in [-0.4, -0.2) is 0 Å². The SMILES string of the molecule is CC1CCCCCC/C=C\CCCCCC1. The molecule has 0 radical (unpaired) electrons. The minimum atomic E-state index is 0.975. The van der Waals surface area contributed by atoms with Crippen LogP contribution in [0, 0.1) is 5.92 Å². The highest BCUT2D eigenvalue weighted by Gasteiger charge is 2.02. The summed E-state index contributed by atoms with van der Waals surface area (Å²) in [6, 6.07) is 0. The predicted molar refractivity (Wildman–Crippen MR) is 73.7 cm³/mol. The maximum Gasteiger partial charge on any atom is -0.0351 e. The van der Waals surface area contributed by atoms with Crippen molar-refractivity contribution < 1.29 is 0 Å². The third-order valence-corrected chi connectivity index (χ3v) is 3.80. The van der Waals surface area contributed by atoms with E-state index in [1.54, 1.807) is 0 Å². The largest absolute Gasteiger partial charge is 0.0885 e. The van der Waals surface area contributed by atoms with E-state index in [0.717, 1.165) is 5.92 Å². The monoisotopic (exact) mass is 222 g/mol. The molecule has 0 heterocycles. The van der Waals surface area contributed by atoms with Crippen LogP contribution in [-0.2, 0) is 0 Å². The van der Waals surface area contributed by atoms with Crippen LogP contribution in [0.3, 0.4) is 0 Å². The standard InChI is InChI=1S/C16H30/c1-16-14-12-10-8-6-4-2-3-5-7-9-11-13-15-16/h2-3,16H,4-15H2,1H3/b3-2-. The fraction of sp³-hybridized carbons (Fsp3) is 0.875. The molecule has 0 aliphatic heterocycles. The predicted octanol–water partition coefficient (Wildman–Crippen LogP) is 5.87. The van der Waals surface area contributed by atoms with Crippen LogP contribution in [0.4, 0.5) is 0 Å². The second kappa shape index (κ2) is 9.93.